The summed E-state index contributed by atoms with van der Waals surface area (Å²) in [6, 6.07) is 6.13. The molecule has 1 aromatic rings. The number of hydrogen-bond donors (Lipinski definition) is 2. The highest BCUT2D eigenvalue weighted by atomic mass is 16.5. The number of phenolic OH excluding ortho intramolecular Hbond substituents is 1. The van der Waals surface area contributed by atoms with Gasteiger partial charge in [-0.2, -0.15) is 0 Å². The molecule has 1 heterocycles. The standard InChI is InChI=1S/C17H28N2O2/c1-5-12(6-2)16(19(3)4)10-18-15-11-21-17-9-13(20)7-8-14(15)17/h7-9,12,15-16,18,20H,5-6,10-11H2,1-4H3. The van der Waals surface area contributed by atoms with Crippen molar-refractivity contribution >= 4 is 0 Å². The van der Waals surface area contributed by atoms with Crippen LogP contribution in [0.25, 0.3) is 0 Å². The first kappa shape index (κ1) is 16.1. The molecule has 1 aliphatic rings. The van der Waals surface area contributed by atoms with Gasteiger partial charge in [-0.25, -0.2) is 0 Å². The van der Waals surface area contributed by atoms with Crippen molar-refractivity contribution in [3.05, 3.63) is 23.8 Å². The van der Waals surface area contributed by atoms with Crippen LogP contribution in [0.5, 0.6) is 11.5 Å². The summed E-state index contributed by atoms with van der Waals surface area (Å²) >= 11 is 0. The second kappa shape index (κ2) is 7.14. The van der Waals surface area contributed by atoms with Crippen LogP contribution in [0.4, 0.5) is 0 Å². The second-order valence-electron chi connectivity index (χ2n) is 6.10. The maximum absolute atomic E-state index is 9.50. The molecular weight excluding hydrogens is 264 g/mol. The van der Waals surface area contributed by atoms with E-state index in [-0.39, 0.29) is 11.8 Å². The van der Waals surface area contributed by atoms with Crippen LogP contribution < -0.4 is 10.1 Å². The number of fused-ring (bicyclic) bond motifs is 1. The van der Waals surface area contributed by atoms with E-state index in [0.717, 1.165) is 17.9 Å². The number of nitrogens with zero attached hydrogens (tertiary/aromatic N) is 1. The molecule has 0 saturated heterocycles. The van der Waals surface area contributed by atoms with Crippen molar-refractivity contribution < 1.29 is 9.84 Å². The number of phenols is 1. The molecule has 118 valence electrons. The van der Waals surface area contributed by atoms with E-state index in [1.165, 1.54) is 12.8 Å². The molecule has 2 atom stereocenters. The zero-order chi connectivity index (χ0) is 15.4. The Morgan fingerprint density at radius 1 is 1.33 bits per heavy atom. The normalized spacial score (nSPS) is 18.9. The Morgan fingerprint density at radius 3 is 2.67 bits per heavy atom. The minimum absolute atomic E-state index is 0.220. The monoisotopic (exact) mass is 292 g/mol. The van der Waals surface area contributed by atoms with Crippen LogP contribution in [0.15, 0.2) is 18.2 Å². The second-order valence-corrected chi connectivity index (χ2v) is 6.10. The fraction of sp³-hybridized carbons (Fsp3) is 0.647. The number of likely N-dealkylation sites (N-methyl/N-ethyl adjacent to an activating group) is 1. The van der Waals surface area contributed by atoms with Crippen LogP contribution in [-0.2, 0) is 0 Å². The van der Waals surface area contributed by atoms with E-state index in [1.807, 2.05) is 6.07 Å². The molecule has 0 aromatic heterocycles. The topological polar surface area (TPSA) is 44.7 Å². The lowest BCUT2D eigenvalue weighted by Crippen LogP contribution is -2.44. The maximum Gasteiger partial charge on any atom is 0.127 e. The third-order valence-corrected chi connectivity index (χ3v) is 4.61. The van der Waals surface area contributed by atoms with Gasteiger partial charge in [0.05, 0.1) is 6.04 Å². The minimum Gasteiger partial charge on any atom is -0.508 e. The van der Waals surface area contributed by atoms with Gasteiger partial charge in [-0.15, -0.1) is 0 Å². The van der Waals surface area contributed by atoms with Gasteiger partial charge in [-0.1, -0.05) is 26.7 Å². The molecule has 1 aliphatic heterocycles. The molecule has 21 heavy (non-hydrogen) atoms. The Kier molecular flexibility index (Phi) is 5.48. The Balaban J connectivity index is 2.00. The van der Waals surface area contributed by atoms with Crippen LogP contribution in [0.3, 0.4) is 0 Å². The van der Waals surface area contributed by atoms with Crippen molar-refractivity contribution in [2.24, 2.45) is 5.92 Å². The molecular formula is C17H28N2O2. The van der Waals surface area contributed by atoms with Crippen molar-refractivity contribution in [2.75, 3.05) is 27.2 Å². The molecule has 4 nitrogen and oxygen atoms in total. The molecule has 0 fully saturated rings. The Labute approximate surface area is 128 Å². The predicted molar refractivity (Wildman–Crippen MR) is 85.9 cm³/mol. The molecule has 0 radical (unpaired) electrons. The van der Waals surface area contributed by atoms with E-state index < -0.39 is 0 Å². The first-order valence-corrected chi connectivity index (χ1v) is 7.92. The maximum atomic E-state index is 9.50. The summed E-state index contributed by atoms with van der Waals surface area (Å²) in [5.74, 6) is 1.77. The highest BCUT2D eigenvalue weighted by molar-refractivity contribution is 5.44. The first-order chi connectivity index (χ1) is 10.1. The first-order valence-electron chi connectivity index (χ1n) is 7.92. The fourth-order valence-corrected chi connectivity index (χ4v) is 3.23. The van der Waals surface area contributed by atoms with E-state index in [4.69, 9.17) is 4.74 Å². The number of hydrogen-bond acceptors (Lipinski definition) is 4. The third-order valence-electron chi connectivity index (χ3n) is 4.61. The molecule has 2 N–H and O–H groups in total. The van der Waals surface area contributed by atoms with Crippen molar-refractivity contribution in [1.29, 1.82) is 0 Å². The Hall–Kier alpha value is -1.26. The molecule has 4 heteroatoms. The van der Waals surface area contributed by atoms with Crippen LogP contribution in [0, 0.1) is 5.92 Å². The number of ether oxygens (including phenoxy) is 1. The van der Waals surface area contributed by atoms with E-state index >= 15 is 0 Å². The summed E-state index contributed by atoms with van der Waals surface area (Å²) in [7, 11) is 4.31. The Morgan fingerprint density at radius 2 is 2.05 bits per heavy atom. The van der Waals surface area contributed by atoms with Crippen LogP contribution in [0.2, 0.25) is 0 Å². The SMILES string of the molecule is CCC(CC)C(CNC1COc2cc(O)ccc21)N(C)C. The van der Waals surface area contributed by atoms with E-state index in [2.05, 4.69) is 38.2 Å². The average Bonchev–Trinajstić information content (AvgIpc) is 2.85. The van der Waals surface area contributed by atoms with Crippen LogP contribution in [-0.4, -0.2) is 43.3 Å². The van der Waals surface area contributed by atoms with Gasteiger partial charge >= 0.3 is 0 Å². The highest BCUT2D eigenvalue weighted by Crippen LogP contribution is 2.35. The summed E-state index contributed by atoms with van der Waals surface area (Å²) in [5, 5.41) is 13.1. The van der Waals surface area contributed by atoms with Crippen molar-refractivity contribution in [3.63, 3.8) is 0 Å². The summed E-state index contributed by atoms with van der Waals surface area (Å²) < 4.78 is 5.66. The van der Waals surface area contributed by atoms with Gasteiger partial charge in [0.25, 0.3) is 0 Å². The van der Waals surface area contributed by atoms with E-state index in [1.54, 1.807) is 12.1 Å². The summed E-state index contributed by atoms with van der Waals surface area (Å²) in [6.45, 7) is 6.12. The number of benzene rings is 1. The van der Waals surface area contributed by atoms with Gasteiger partial charge in [-0.3, -0.25) is 0 Å². The molecule has 2 unspecified atom stereocenters. The van der Waals surface area contributed by atoms with Crippen molar-refractivity contribution in [3.8, 4) is 11.5 Å². The van der Waals surface area contributed by atoms with Gasteiger partial charge in [0, 0.05) is 24.2 Å². The van der Waals surface area contributed by atoms with Crippen molar-refractivity contribution in [1.82, 2.24) is 10.2 Å². The lowest BCUT2D eigenvalue weighted by atomic mass is 9.93. The van der Waals surface area contributed by atoms with Gasteiger partial charge in [0.1, 0.15) is 18.1 Å². The van der Waals surface area contributed by atoms with Crippen LogP contribution in [0.1, 0.15) is 38.3 Å². The predicted octanol–water partition coefficient (Wildman–Crippen LogP) is 2.78. The number of nitrogens with one attached hydrogen (secondary N) is 1. The third kappa shape index (κ3) is 3.69. The average molecular weight is 292 g/mol. The fourth-order valence-electron chi connectivity index (χ4n) is 3.23. The molecule has 2 rings (SSSR count). The number of rotatable bonds is 7. The molecule has 1 aromatic carbocycles. The van der Waals surface area contributed by atoms with Gasteiger partial charge in [0.15, 0.2) is 0 Å². The lowest BCUT2D eigenvalue weighted by Gasteiger charge is -2.32. The van der Waals surface area contributed by atoms with E-state index in [0.29, 0.717) is 18.6 Å². The lowest BCUT2D eigenvalue weighted by molar-refractivity contribution is 0.185. The largest absolute Gasteiger partial charge is 0.508 e. The summed E-state index contributed by atoms with van der Waals surface area (Å²) in [5.41, 5.74) is 1.15. The van der Waals surface area contributed by atoms with Gasteiger partial charge in [-0.05, 0) is 32.1 Å². The van der Waals surface area contributed by atoms with E-state index in [9.17, 15) is 5.11 Å². The minimum atomic E-state index is 0.220. The molecule has 0 spiro atoms. The molecule has 0 aliphatic carbocycles. The Bertz CT molecular complexity index is 458. The number of aromatic hydroxyl groups is 1. The zero-order valence-electron chi connectivity index (χ0n) is 13.6. The molecule has 0 saturated carbocycles. The smallest absolute Gasteiger partial charge is 0.127 e. The van der Waals surface area contributed by atoms with Crippen molar-refractivity contribution in [2.45, 2.75) is 38.8 Å². The quantitative estimate of drug-likeness (QED) is 0.811. The summed E-state index contributed by atoms with van der Waals surface area (Å²) in [4.78, 5) is 2.32. The zero-order valence-corrected chi connectivity index (χ0v) is 13.6. The van der Waals surface area contributed by atoms with Gasteiger partial charge in [0.2, 0.25) is 0 Å². The highest BCUT2D eigenvalue weighted by Gasteiger charge is 2.27. The molecule has 0 bridgehead atoms. The summed E-state index contributed by atoms with van der Waals surface area (Å²) in [6.07, 6.45) is 2.40. The molecule has 0 amide bonds. The van der Waals surface area contributed by atoms with Crippen LogP contribution >= 0.6 is 0 Å². The van der Waals surface area contributed by atoms with Gasteiger partial charge < -0.3 is 20.1 Å².